The molecule has 2 heterocycles. The summed E-state index contributed by atoms with van der Waals surface area (Å²) in [5, 5.41) is 3.96. The van der Waals surface area contributed by atoms with Crippen LogP contribution in [0.2, 0.25) is 5.02 Å². The molecule has 2 aliphatic rings. The maximum Gasteiger partial charge on any atom is 0.179 e. The average Bonchev–Trinajstić information content (AvgIpc) is 2.36. The summed E-state index contributed by atoms with van der Waals surface area (Å²) in [7, 11) is 0. The van der Waals surface area contributed by atoms with Gasteiger partial charge in [0.25, 0.3) is 0 Å². The molecule has 0 unspecified atom stereocenters. The van der Waals surface area contributed by atoms with Gasteiger partial charge in [-0.25, -0.2) is 0 Å². The minimum atomic E-state index is 0.570. The third-order valence-electron chi connectivity index (χ3n) is 3.72. The molecule has 0 saturated carbocycles. The van der Waals surface area contributed by atoms with Gasteiger partial charge in [-0.05, 0) is 24.2 Å². The van der Waals surface area contributed by atoms with E-state index in [1.54, 1.807) is 0 Å². The Labute approximate surface area is 118 Å². The highest BCUT2D eigenvalue weighted by atomic mass is 35.5. The highest BCUT2D eigenvalue weighted by Gasteiger charge is 2.24. The Kier molecular flexibility index (Phi) is 3.82. The molecule has 1 aromatic carbocycles. The minimum absolute atomic E-state index is 0.570. The molecule has 0 atom stereocenters. The van der Waals surface area contributed by atoms with Crippen molar-refractivity contribution < 1.29 is 9.47 Å². The van der Waals surface area contributed by atoms with E-state index < -0.39 is 0 Å². The van der Waals surface area contributed by atoms with E-state index in [0.29, 0.717) is 30.0 Å². The average molecular weight is 283 g/mol. The molecule has 1 N–H and O–H groups in total. The SMILES string of the molecule is CCN(Cc1cc(Cl)c2c(c1)OCCO2)C1CNC1. The van der Waals surface area contributed by atoms with E-state index in [0.717, 1.165) is 31.9 Å². The predicted molar refractivity (Wildman–Crippen MR) is 75.2 cm³/mol. The van der Waals surface area contributed by atoms with E-state index in [-0.39, 0.29) is 0 Å². The first-order chi connectivity index (χ1) is 9.28. The lowest BCUT2D eigenvalue weighted by Gasteiger charge is -2.37. The Morgan fingerprint density at radius 1 is 1.32 bits per heavy atom. The second kappa shape index (κ2) is 5.57. The van der Waals surface area contributed by atoms with Crippen LogP contribution in [0.15, 0.2) is 12.1 Å². The summed E-state index contributed by atoms with van der Waals surface area (Å²) in [5.74, 6) is 1.46. The van der Waals surface area contributed by atoms with Crippen LogP contribution in [0.5, 0.6) is 11.5 Å². The number of halogens is 1. The number of nitrogens with zero attached hydrogens (tertiary/aromatic N) is 1. The molecule has 0 aliphatic carbocycles. The maximum atomic E-state index is 6.27. The number of rotatable bonds is 4. The third kappa shape index (κ3) is 2.66. The van der Waals surface area contributed by atoms with Crippen LogP contribution in [0.25, 0.3) is 0 Å². The van der Waals surface area contributed by atoms with Crippen LogP contribution in [0.4, 0.5) is 0 Å². The van der Waals surface area contributed by atoms with Crippen molar-refractivity contribution in [2.24, 2.45) is 0 Å². The molecule has 2 aliphatic heterocycles. The molecule has 5 heteroatoms. The van der Waals surface area contributed by atoms with Crippen LogP contribution in [-0.2, 0) is 6.54 Å². The Morgan fingerprint density at radius 3 is 2.79 bits per heavy atom. The smallest absolute Gasteiger partial charge is 0.179 e. The number of ether oxygens (including phenoxy) is 2. The van der Waals surface area contributed by atoms with Crippen LogP contribution in [0.3, 0.4) is 0 Å². The van der Waals surface area contributed by atoms with Crippen LogP contribution in [-0.4, -0.2) is 43.8 Å². The van der Waals surface area contributed by atoms with Crippen LogP contribution < -0.4 is 14.8 Å². The molecule has 0 aromatic heterocycles. The Balaban J connectivity index is 1.78. The van der Waals surface area contributed by atoms with Crippen molar-refractivity contribution in [3.63, 3.8) is 0 Å². The molecule has 19 heavy (non-hydrogen) atoms. The summed E-state index contributed by atoms with van der Waals surface area (Å²) in [4.78, 5) is 2.46. The van der Waals surface area contributed by atoms with E-state index in [4.69, 9.17) is 21.1 Å². The summed E-state index contributed by atoms with van der Waals surface area (Å²) in [6.07, 6.45) is 0. The summed E-state index contributed by atoms with van der Waals surface area (Å²) in [6.45, 7) is 7.45. The van der Waals surface area contributed by atoms with E-state index in [9.17, 15) is 0 Å². The largest absolute Gasteiger partial charge is 0.486 e. The summed E-state index contributed by atoms with van der Waals surface area (Å²) >= 11 is 6.27. The molecular formula is C14H19ClN2O2. The highest BCUT2D eigenvalue weighted by molar-refractivity contribution is 6.32. The van der Waals surface area contributed by atoms with Gasteiger partial charge in [0, 0.05) is 25.7 Å². The van der Waals surface area contributed by atoms with E-state index in [1.165, 1.54) is 5.56 Å². The predicted octanol–water partition coefficient (Wildman–Crippen LogP) is 1.90. The normalized spacial score (nSPS) is 18.5. The van der Waals surface area contributed by atoms with Gasteiger partial charge < -0.3 is 14.8 Å². The van der Waals surface area contributed by atoms with Gasteiger partial charge in [0.15, 0.2) is 11.5 Å². The lowest BCUT2D eigenvalue weighted by Crippen LogP contribution is -2.56. The molecule has 4 nitrogen and oxygen atoms in total. The number of hydrogen-bond acceptors (Lipinski definition) is 4. The molecule has 0 amide bonds. The number of benzene rings is 1. The van der Waals surface area contributed by atoms with Crippen molar-refractivity contribution in [2.75, 3.05) is 32.8 Å². The van der Waals surface area contributed by atoms with Crippen molar-refractivity contribution in [1.82, 2.24) is 10.2 Å². The van der Waals surface area contributed by atoms with Crippen molar-refractivity contribution in [3.8, 4) is 11.5 Å². The molecular weight excluding hydrogens is 264 g/mol. The van der Waals surface area contributed by atoms with E-state index in [1.807, 2.05) is 6.07 Å². The lowest BCUT2D eigenvalue weighted by molar-refractivity contribution is 0.144. The Bertz CT molecular complexity index is 463. The van der Waals surface area contributed by atoms with Gasteiger partial charge in [-0.1, -0.05) is 18.5 Å². The molecule has 0 radical (unpaired) electrons. The molecule has 1 fully saturated rings. The number of hydrogen-bond donors (Lipinski definition) is 1. The van der Waals surface area contributed by atoms with Crippen molar-refractivity contribution in [2.45, 2.75) is 19.5 Å². The second-order valence-corrected chi connectivity index (χ2v) is 5.38. The van der Waals surface area contributed by atoms with Crippen LogP contribution in [0.1, 0.15) is 12.5 Å². The van der Waals surface area contributed by atoms with Gasteiger partial charge in [-0.3, -0.25) is 4.90 Å². The fraction of sp³-hybridized carbons (Fsp3) is 0.571. The quantitative estimate of drug-likeness (QED) is 0.915. The topological polar surface area (TPSA) is 33.7 Å². The first-order valence-corrected chi connectivity index (χ1v) is 7.18. The van der Waals surface area contributed by atoms with Gasteiger partial charge in [0.1, 0.15) is 13.2 Å². The van der Waals surface area contributed by atoms with Gasteiger partial charge in [-0.15, -0.1) is 0 Å². The summed E-state index contributed by atoms with van der Waals surface area (Å²) < 4.78 is 11.2. The first kappa shape index (κ1) is 13.0. The zero-order chi connectivity index (χ0) is 13.2. The monoisotopic (exact) mass is 282 g/mol. The van der Waals surface area contributed by atoms with Gasteiger partial charge >= 0.3 is 0 Å². The van der Waals surface area contributed by atoms with Gasteiger partial charge in [-0.2, -0.15) is 0 Å². The van der Waals surface area contributed by atoms with E-state index in [2.05, 4.69) is 23.2 Å². The second-order valence-electron chi connectivity index (χ2n) is 4.98. The molecule has 104 valence electrons. The summed E-state index contributed by atoms with van der Waals surface area (Å²) in [6, 6.07) is 4.68. The Hall–Kier alpha value is -0.970. The zero-order valence-corrected chi connectivity index (χ0v) is 11.9. The molecule has 0 spiro atoms. The van der Waals surface area contributed by atoms with Crippen molar-refractivity contribution in [3.05, 3.63) is 22.7 Å². The number of fused-ring (bicyclic) bond motifs is 1. The molecule has 1 aromatic rings. The fourth-order valence-electron chi connectivity index (χ4n) is 2.52. The first-order valence-electron chi connectivity index (χ1n) is 6.80. The molecule has 0 bridgehead atoms. The van der Waals surface area contributed by atoms with Crippen LogP contribution in [0, 0.1) is 0 Å². The standard InChI is InChI=1S/C14H19ClN2O2/c1-2-17(11-7-16-8-11)9-10-5-12(15)14-13(6-10)18-3-4-19-14/h5-6,11,16H,2-4,7-9H2,1H3. The van der Waals surface area contributed by atoms with Crippen molar-refractivity contribution >= 4 is 11.6 Å². The maximum absolute atomic E-state index is 6.27. The zero-order valence-electron chi connectivity index (χ0n) is 11.1. The molecule has 1 saturated heterocycles. The van der Waals surface area contributed by atoms with Gasteiger partial charge in [0.05, 0.1) is 5.02 Å². The van der Waals surface area contributed by atoms with Crippen LogP contribution >= 0.6 is 11.6 Å². The third-order valence-corrected chi connectivity index (χ3v) is 4.01. The molecule has 3 rings (SSSR count). The summed E-state index contributed by atoms with van der Waals surface area (Å²) in [5.41, 5.74) is 1.18. The van der Waals surface area contributed by atoms with Gasteiger partial charge in [0.2, 0.25) is 0 Å². The highest BCUT2D eigenvalue weighted by Crippen LogP contribution is 2.38. The lowest BCUT2D eigenvalue weighted by atomic mass is 10.1. The number of likely N-dealkylation sites (N-methyl/N-ethyl adjacent to an activating group) is 1. The van der Waals surface area contributed by atoms with Crippen molar-refractivity contribution in [1.29, 1.82) is 0 Å². The minimum Gasteiger partial charge on any atom is -0.486 e. The Morgan fingerprint density at radius 2 is 2.11 bits per heavy atom. The number of nitrogens with one attached hydrogen (secondary N) is 1. The fourth-order valence-corrected chi connectivity index (χ4v) is 2.81. The van der Waals surface area contributed by atoms with E-state index >= 15 is 0 Å².